The maximum absolute atomic E-state index is 12.9. The van der Waals surface area contributed by atoms with Crippen molar-refractivity contribution >= 4 is 17.9 Å². The molecule has 6 nitrogen and oxygen atoms in total. The first-order valence-electron chi connectivity index (χ1n) is 14.4. The van der Waals surface area contributed by atoms with Gasteiger partial charge in [-0.1, -0.05) is 43.7 Å². The van der Waals surface area contributed by atoms with Gasteiger partial charge in [0, 0.05) is 0 Å². The van der Waals surface area contributed by atoms with Crippen molar-refractivity contribution in [2.24, 2.45) is 39.9 Å². The highest BCUT2D eigenvalue weighted by molar-refractivity contribution is 5.82. The number of rotatable bonds is 10. The van der Waals surface area contributed by atoms with E-state index in [2.05, 4.69) is 0 Å². The number of carbonyl (C=O) groups excluding carboxylic acids is 2. The second-order valence-electron chi connectivity index (χ2n) is 13.2. The standard InChI is InChI=1S/C22H32O6.C10H16/c1-7-21(4,19(26)28-13-16-11-9-8-10-12-16)15-22(5,18(25)27-6)14-20(2,3)17(23)24;1-2-9-7-4-5-8(6-7)10(9)3-1/h8-12H,7,13-15H2,1-6H3,(H,23,24);7-10H,1-6H2/t;7?,8?,9-,10+. The normalized spacial score (nSPS) is 26.8. The molecule has 3 aliphatic rings. The number of esters is 2. The molecule has 6 heteroatoms. The number of hydrogen-bond donors (Lipinski definition) is 1. The lowest BCUT2D eigenvalue weighted by Crippen LogP contribution is -2.43. The molecule has 212 valence electrons. The summed E-state index contributed by atoms with van der Waals surface area (Å²) in [6, 6.07) is 9.34. The minimum Gasteiger partial charge on any atom is -0.481 e. The molecule has 0 saturated heterocycles. The third kappa shape index (κ3) is 6.79. The third-order valence-electron chi connectivity index (χ3n) is 9.71. The van der Waals surface area contributed by atoms with Crippen LogP contribution in [0.2, 0.25) is 0 Å². The van der Waals surface area contributed by atoms with E-state index in [-0.39, 0.29) is 19.4 Å². The van der Waals surface area contributed by atoms with E-state index in [9.17, 15) is 19.5 Å². The lowest BCUT2D eigenvalue weighted by Gasteiger charge is -2.38. The summed E-state index contributed by atoms with van der Waals surface area (Å²) in [6.45, 7) is 8.52. The Hall–Kier alpha value is -2.37. The van der Waals surface area contributed by atoms with Crippen LogP contribution in [0.1, 0.15) is 98.0 Å². The fraction of sp³-hybridized carbons (Fsp3) is 0.719. The van der Waals surface area contributed by atoms with Gasteiger partial charge in [0.15, 0.2) is 0 Å². The summed E-state index contributed by atoms with van der Waals surface area (Å²) in [5.74, 6) is 2.85. The second kappa shape index (κ2) is 12.2. The molecule has 4 unspecified atom stereocenters. The Morgan fingerprint density at radius 3 is 1.95 bits per heavy atom. The highest BCUT2D eigenvalue weighted by Gasteiger charge is 2.50. The first-order chi connectivity index (χ1) is 17.8. The molecule has 1 aromatic rings. The summed E-state index contributed by atoms with van der Waals surface area (Å²) in [5.41, 5.74) is -2.37. The predicted octanol–water partition coefficient (Wildman–Crippen LogP) is 7.05. The predicted molar refractivity (Wildman–Crippen MR) is 147 cm³/mol. The van der Waals surface area contributed by atoms with Gasteiger partial charge in [0.25, 0.3) is 0 Å². The molecular weight excluding hydrogens is 480 g/mol. The lowest BCUT2D eigenvalue weighted by atomic mass is 9.65. The Bertz CT molecular complexity index is 955. The van der Waals surface area contributed by atoms with Crippen LogP contribution in [0.5, 0.6) is 0 Å². The van der Waals surface area contributed by atoms with Crippen molar-refractivity contribution < 1.29 is 29.0 Å². The molecule has 0 aliphatic heterocycles. The average molecular weight is 529 g/mol. The summed E-state index contributed by atoms with van der Waals surface area (Å²) in [7, 11) is 1.27. The molecule has 0 radical (unpaired) electrons. The minimum atomic E-state index is -1.15. The van der Waals surface area contributed by atoms with Crippen LogP contribution in [0.25, 0.3) is 0 Å². The molecule has 2 bridgehead atoms. The van der Waals surface area contributed by atoms with E-state index in [1.807, 2.05) is 37.3 Å². The zero-order chi connectivity index (χ0) is 28.1. The van der Waals surface area contributed by atoms with Crippen LogP contribution in [0, 0.1) is 39.9 Å². The highest BCUT2D eigenvalue weighted by Crippen LogP contribution is 2.58. The summed E-state index contributed by atoms with van der Waals surface area (Å²) in [4.78, 5) is 37.0. The van der Waals surface area contributed by atoms with Gasteiger partial charge in [-0.3, -0.25) is 14.4 Å². The van der Waals surface area contributed by atoms with Gasteiger partial charge in [-0.25, -0.2) is 0 Å². The third-order valence-corrected chi connectivity index (χ3v) is 9.71. The van der Waals surface area contributed by atoms with Gasteiger partial charge in [0.1, 0.15) is 6.61 Å². The van der Waals surface area contributed by atoms with Crippen LogP contribution in [0.3, 0.4) is 0 Å². The van der Waals surface area contributed by atoms with E-state index in [4.69, 9.17) is 9.47 Å². The molecule has 0 heterocycles. The molecule has 4 rings (SSSR count). The van der Waals surface area contributed by atoms with Gasteiger partial charge in [-0.05, 0) is 108 Å². The lowest BCUT2D eigenvalue weighted by molar-refractivity contribution is -0.166. The van der Waals surface area contributed by atoms with Crippen molar-refractivity contribution in [1.82, 2.24) is 0 Å². The van der Waals surface area contributed by atoms with E-state index in [1.54, 1.807) is 66.2 Å². The summed E-state index contributed by atoms with van der Waals surface area (Å²) >= 11 is 0. The summed E-state index contributed by atoms with van der Waals surface area (Å²) < 4.78 is 10.5. The van der Waals surface area contributed by atoms with Gasteiger partial charge in [-0.15, -0.1) is 0 Å². The number of ether oxygens (including phenoxy) is 2. The maximum atomic E-state index is 12.9. The van der Waals surface area contributed by atoms with Crippen LogP contribution < -0.4 is 0 Å². The minimum absolute atomic E-state index is 0.0452. The Balaban J connectivity index is 0.000000323. The topological polar surface area (TPSA) is 89.9 Å². The number of hydrogen-bond acceptors (Lipinski definition) is 5. The number of carboxylic acid groups (broad SMARTS) is 1. The number of carbonyl (C=O) groups is 3. The van der Waals surface area contributed by atoms with Gasteiger partial charge in [0.05, 0.1) is 23.4 Å². The monoisotopic (exact) mass is 528 g/mol. The van der Waals surface area contributed by atoms with Crippen LogP contribution >= 0.6 is 0 Å². The van der Waals surface area contributed by atoms with Gasteiger partial charge >= 0.3 is 17.9 Å². The Morgan fingerprint density at radius 1 is 0.868 bits per heavy atom. The quantitative estimate of drug-likeness (QED) is 0.327. The fourth-order valence-electron chi connectivity index (χ4n) is 7.62. The van der Waals surface area contributed by atoms with Crippen LogP contribution in [0.15, 0.2) is 30.3 Å². The van der Waals surface area contributed by atoms with Crippen molar-refractivity contribution in [3.8, 4) is 0 Å². The Labute approximate surface area is 228 Å². The van der Waals surface area contributed by atoms with E-state index < -0.39 is 34.2 Å². The average Bonchev–Trinajstić information content (AvgIpc) is 3.63. The zero-order valence-corrected chi connectivity index (χ0v) is 24.3. The van der Waals surface area contributed by atoms with Crippen LogP contribution in [0.4, 0.5) is 0 Å². The molecule has 1 N–H and O–H groups in total. The first-order valence-corrected chi connectivity index (χ1v) is 14.4. The van der Waals surface area contributed by atoms with Crippen molar-refractivity contribution in [3.05, 3.63) is 35.9 Å². The van der Waals surface area contributed by atoms with Crippen molar-refractivity contribution in [2.45, 2.75) is 99.0 Å². The SMILES string of the molecule is C1C[C@@H]2C3CCC(C3)[C@@H]2C1.CCC(C)(CC(C)(CC(C)(C)C(=O)O)C(=O)OC)C(=O)OCc1ccccc1. The molecule has 3 fully saturated rings. The number of carboxylic acids is 1. The van der Waals surface area contributed by atoms with E-state index in [1.165, 1.54) is 30.8 Å². The smallest absolute Gasteiger partial charge is 0.312 e. The van der Waals surface area contributed by atoms with Crippen LogP contribution in [-0.4, -0.2) is 30.1 Å². The first kappa shape index (κ1) is 30.2. The maximum Gasteiger partial charge on any atom is 0.312 e. The van der Waals surface area contributed by atoms with Crippen LogP contribution in [-0.2, 0) is 30.5 Å². The molecule has 3 aliphatic carbocycles. The van der Waals surface area contributed by atoms with Gasteiger partial charge in [0.2, 0.25) is 0 Å². The van der Waals surface area contributed by atoms with Crippen molar-refractivity contribution in [2.75, 3.05) is 7.11 Å². The largest absolute Gasteiger partial charge is 0.481 e. The fourth-order valence-corrected chi connectivity index (χ4v) is 7.62. The van der Waals surface area contributed by atoms with Crippen molar-refractivity contribution in [1.29, 1.82) is 0 Å². The summed E-state index contributed by atoms with van der Waals surface area (Å²) in [6.07, 6.45) is 10.2. The molecule has 0 amide bonds. The Morgan fingerprint density at radius 2 is 1.45 bits per heavy atom. The number of aliphatic carboxylic acids is 1. The molecule has 0 aromatic heterocycles. The summed E-state index contributed by atoms with van der Waals surface area (Å²) in [5, 5.41) is 9.49. The van der Waals surface area contributed by atoms with E-state index in [0.29, 0.717) is 6.42 Å². The van der Waals surface area contributed by atoms with E-state index >= 15 is 0 Å². The molecule has 38 heavy (non-hydrogen) atoms. The number of fused-ring (bicyclic) bond motifs is 5. The van der Waals surface area contributed by atoms with Gasteiger partial charge < -0.3 is 14.6 Å². The molecule has 0 spiro atoms. The molecule has 1 aromatic carbocycles. The number of benzene rings is 1. The second-order valence-corrected chi connectivity index (χ2v) is 13.2. The zero-order valence-electron chi connectivity index (χ0n) is 24.3. The Kier molecular flexibility index (Phi) is 9.70. The molecular formula is C32H48O6. The van der Waals surface area contributed by atoms with Crippen molar-refractivity contribution in [3.63, 3.8) is 0 Å². The van der Waals surface area contributed by atoms with E-state index in [0.717, 1.165) is 5.56 Å². The molecule has 3 saturated carbocycles. The highest BCUT2D eigenvalue weighted by atomic mass is 16.5. The number of methoxy groups -OCH3 is 1. The molecule has 6 atom stereocenters. The van der Waals surface area contributed by atoms with Gasteiger partial charge in [-0.2, -0.15) is 0 Å².